The number of pyridine rings is 1. The largest absolute Gasteiger partial charge is 0.494 e. The van der Waals surface area contributed by atoms with Gasteiger partial charge in [-0.1, -0.05) is 20.8 Å². The molecule has 9 nitrogen and oxygen atoms in total. The van der Waals surface area contributed by atoms with Crippen molar-refractivity contribution in [1.29, 1.82) is 0 Å². The van der Waals surface area contributed by atoms with Gasteiger partial charge in [-0.3, -0.25) is 9.59 Å². The molecule has 3 aromatic rings. The van der Waals surface area contributed by atoms with Gasteiger partial charge in [0.25, 0.3) is 5.91 Å². The van der Waals surface area contributed by atoms with Gasteiger partial charge in [0.15, 0.2) is 11.5 Å². The molecule has 12 heteroatoms. The molecular formula is C27H32F3N5O4. The van der Waals surface area contributed by atoms with Crippen LogP contribution in [-0.4, -0.2) is 52.9 Å². The number of rotatable bonds is 5. The molecule has 1 aliphatic heterocycles. The van der Waals surface area contributed by atoms with Gasteiger partial charge in [-0.2, -0.15) is 13.2 Å². The Morgan fingerprint density at radius 3 is 2.51 bits per heavy atom. The number of alkyl halides is 3. The molecule has 210 valence electrons. The van der Waals surface area contributed by atoms with Crippen LogP contribution in [0.1, 0.15) is 68.5 Å². The Morgan fingerprint density at radius 1 is 1.18 bits per heavy atom. The number of ether oxygens (including phenoxy) is 1. The molecule has 2 amide bonds. The number of nitrogens with one attached hydrogen (secondary N) is 1. The minimum absolute atomic E-state index is 0.0200. The molecule has 1 fully saturated rings. The summed E-state index contributed by atoms with van der Waals surface area (Å²) in [6, 6.07) is 4.29. The van der Waals surface area contributed by atoms with E-state index < -0.39 is 29.2 Å². The van der Waals surface area contributed by atoms with Crippen molar-refractivity contribution in [2.75, 3.05) is 20.2 Å². The van der Waals surface area contributed by atoms with Crippen LogP contribution in [0.5, 0.6) is 5.75 Å². The monoisotopic (exact) mass is 547 g/mol. The van der Waals surface area contributed by atoms with Crippen molar-refractivity contribution >= 4 is 22.7 Å². The maximum atomic E-state index is 13.6. The van der Waals surface area contributed by atoms with Gasteiger partial charge in [-0.15, -0.1) is 0 Å². The van der Waals surface area contributed by atoms with Crippen molar-refractivity contribution in [3.8, 4) is 17.2 Å². The Labute approximate surface area is 223 Å². The van der Waals surface area contributed by atoms with Crippen molar-refractivity contribution < 1.29 is 31.9 Å². The van der Waals surface area contributed by atoms with Crippen LogP contribution in [0.25, 0.3) is 22.4 Å². The fourth-order valence-corrected chi connectivity index (χ4v) is 4.44. The van der Waals surface area contributed by atoms with E-state index in [9.17, 15) is 22.8 Å². The summed E-state index contributed by atoms with van der Waals surface area (Å²) in [6.07, 6.45) is -3.21. The van der Waals surface area contributed by atoms with Gasteiger partial charge in [0, 0.05) is 35.5 Å². The average molecular weight is 548 g/mol. The van der Waals surface area contributed by atoms with E-state index in [2.05, 4.69) is 15.3 Å². The zero-order valence-corrected chi connectivity index (χ0v) is 22.5. The van der Waals surface area contributed by atoms with E-state index in [-0.39, 0.29) is 40.6 Å². The highest BCUT2D eigenvalue weighted by Crippen LogP contribution is 2.37. The number of halogens is 3. The summed E-state index contributed by atoms with van der Waals surface area (Å²) >= 11 is 0. The molecule has 1 saturated heterocycles. The van der Waals surface area contributed by atoms with Crippen molar-refractivity contribution in [1.82, 2.24) is 20.2 Å². The predicted octanol–water partition coefficient (Wildman–Crippen LogP) is 4.70. The molecule has 1 aliphatic rings. The Balaban J connectivity index is 1.70. The number of benzene rings is 1. The maximum absolute atomic E-state index is 13.6. The number of aromatic nitrogens is 2. The van der Waals surface area contributed by atoms with E-state index in [0.717, 1.165) is 12.5 Å². The third kappa shape index (κ3) is 5.85. The number of nitrogens with two attached hydrogens (primary N) is 1. The highest BCUT2D eigenvalue weighted by molar-refractivity contribution is 5.98. The molecule has 0 spiro atoms. The molecule has 2 atom stereocenters. The van der Waals surface area contributed by atoms with Crippen LogP contribution in [0.3, 0.4) is 0 Å². The first kappa shape index (κ1) is 28.3. The van der Waals surface area contributed by atoms with Crippen molar-refractivity contribution in [2.24, 2.45) is 11.1 Å². The minimum atomic E-state index is -4.64. The number of hydrogen-bond acceptors (Lipinski definition) is 7. The maximum Gasteiger partial charge on any atom is 0.433 e. The second-order valence-corrected chi connectivity index (χ2v) is 10.7. The first-order valence-electron chi connectivity index (χ1n) is 12.6. The topological polar surface area (TPSA) is 124 Å². The lowest BCUT2D eigenvalue weighted by atomic mass is 9.94. The lowest BCUT2D eigenvalue weighted by Gasteiger charge is -2.34. The SMILES string of the molecule is COc1ccc(-c2nc(C(=O)N3CCCC(NC(=O)C(C)(C)C)C3)c([C@H](C)N)o2)c2ccc(C(F)(F)F)nc12. The van der Waals surface area contributed by atoms with Crippen LogP contribution in [0.2, 0.25) is 0 Å². The minimum Gasteiger partial charge on any atom is -0.494 e. The third-order valence-corrected chi connectivity index (χ3v) is 6.56. The number of carbonyl (C=O) groups is 2. The van der Waals surface area contributed by atoms with Gasteiger partial charge in [0.1, 0.15) is 17.0 Å². The molecular weight excluding hydrogens is 515 g/mol. The molecule has 4 rings (SSSR count). The molecule has 0 saturated carbocycles. The van der Waals surface area contributed by atoms with Gasteiger partial charge >= 0.3 is 6.18 Å². The van der Waals surface area contributed by atoms with Crippen molar-refractivity contribution in [2.45, 2.75) is 58.8 Å². The fraction of sp³-hybridized carbons (Fsp3) is 0.481. The number of fused-ring (bicyclic) bond motifs is 1. The summed E-state index contributed by atoms with van der Waals surface area (Å²) in [5.41, 5.74) is 4.83. The predicted molar refractivity (Wildman–Crippen MR) is 138 cm³/mol. The zero-order valence-electron chi connectivity index (χ0n) is 22.5. The second kappa shape index (κ2) is 10.5. The smallest absolute Gasteiger partial charge is 0.433 e. The van der Waals surface area contributed by atoms with E-state index in [0.29, 0.717) is 30.5 Å². The Morgan fingerprint density at radius 2 is 1.90 bits per heavy atom. The summed E-state index contributed by atoms with van der Waals surface area (Å²) in [5, 5.41) is 3.32. The lowest BCUT2D eigenvalue weighted by molar-refractivity contribution is -0.141. The normalized spacial score (nSPS) is 17.3. The number of hydrogen-bond donors (Lipinski definition) is 2. The average Bonchev–Trinajstić information content (AvgIpc) is 3.32. The number of piperidine rings is 1. The Kier molecular flexibility index (Phi) is 7.61. The highest BCUT2D eigenvalue weighted by atomic mass is 19.4. The standard InChI is InChI=1S/C27H32F3N5O4/c1-14(31)22-21(24(36)35-12-6-7-15(13-35)32-25(37)26(2,3)4)34-23(39-22)17-8-10-18(38-5)20-16(17)9-11-19(33-20)27(28,29)30/h8-11,14-15H,6-7,12-13,31H2,1-5H3,(H,32,37)/t14-,15?/m0/s1. The highest BCUT2D eigenvalue weighted by Gasteiger charge is 2.35. The number of oxazole rings is 1. The van der Waals surface area contributed by atoms with Gasteiger partial charge in [0.05, 0.1) is 13.2 Å². The quantitative estimate of drug-likeness (QED) is 0.474. The summed E-state index contributed by atoms with van der Waals surface area (Å²) in [5.74, 6) is -0.182. The molecule has 3 N–H and O–H groups in total. The number of carbonyl (C=O) groups excluding carboxylic acids is 2. The van der Waals surface area contributed by atoms with Gasteiger partial charge < -0.3 is 25.1 Å². The van der Waals surface area contributed by atoms with E-state index in [4.69, 9.17) is 14.9 Å². The van der Waals surface area contributed by atoms with Crippen LogP contribution >= 0.6 is 0 Å². The van der Waals surface area contributed by atoms with Crippen LogP contribution in [0.15, 0.2) is 28.7 Å². The van der Waals surface area contributed by atoms with E-state index >= 15 is 0 Å². The Bertz CT molecular complexity index is 1390. The molecule has 1 unspecified atom stereocenters. The lowest BCUT2D eigenvalue weighted by Crippen LogP contribution is -2.51. The summed E-state index contributed by atoms with van der Waals surface area (Å²) in [4.78, 5) is 35.9. The molecule has 3 heterocycles. The summed E-state index contributed by atoms with van der Waals surface area (Å²) in [6.45, 7) is 7.88. The van der Waals surface area contributed by atoms with E-state index in [1.54, 1.807) is 17.9 Å². The number of nitrogens with zero attached hydrogens (tertiary/aromatic N) is 3. The van der Waals surface area contributed by atoms with Crippen LogP contribution < -0.4 is 15.8 Å². The van der Waals surface area contributed by atoms with Crippen LogP contribution in [-0.2, 0) is 11.0 Å². The van der Waals surface area contributed by atoms with Gasteiger partial charge in [-0.05, 0) is 44.0 Å². The fourth-order valence-electron chi connectivity index (χ4n) is 4.44. The summed E-state index contributed by atoms with van der Waals surface area (Å²) in [7, 11) is 1.34. The van der Waals surface area contributed by atoms with E-state index in [1.807, 2.05) is 20.8 Å². The second-order valence-electron chi connectivity index (χ2n) is 10.7. The molecule has 0 aliphatic carbocycles. The van der Waals surface area contributed by atoms with Gasteiger partial charge in [-0.25, -0.2) is 9.97 Å². The van der Waals surface area contributed by atoms with Gasteiger partial charge in [0.2, 0.25) is 11.8 Å². The molecule has 39 heavy (non-hydrogen) atoms. The number of amides is 2. The molecule has 2 aromatic heterocycles. The van der Waals surface area contributed by atoms with E-state index in [1.165, 1.54) is 19.2 Å². The zero-order chi connectivity index (χ0) is 28.7. The first-order chi connectivity index (χ1) is 18.2. The van der Waals surface area contributed by atoms with Crippen molar-refractivity contribution in [3.63, 3.8) is 0 Å². The molecule has 0 bridgehead atoms. The number of likely N-dealkylation sites (tertiary alicyclic amines) is 1. The first-order valence-corrected chi connectivity index (χ1v) is 12.6. The Hall–Kier alpha value is -3.67. The third-order valence-electron chi connectivity index (χ3n) is 6.56. The van der Waals surface area contributed by atoms with Crippen LogP contribution in [0.4, 0.5) is 13.2 Å². The van der Waals surface area contributed by atoms with Crippen molar-refractivity contribution in [3.05, 3.63) is 41.4 Å². The molecule has 0 radical (unpaired) electrons. The summed E-state index contributed by atoms with van der Waals surface area (Å²) < 4.78 is 51.2. The number of methoxy groups -OCH3 is 1. The molecule has 1 aromatic carbocycles. The van der Waals surface area contributed by atoms with Crippen LogP contribution in [0, 0.1) is 5.41 Å².